The second-order valence-electron chi connectivity index (χ2n) is 9.13. The van der Waals surface area contributed by atoms with Crippen molar-refractivity contribution in [2.45, 2.75) is 0 Å². The average molecular weight is 597 g/mol. The fraction of sp³-hybridized carbons (Fsp3) is 0. The number of benzene rings is 4. The molecule has 2 amide bonds. The number of carboxylic acid groups (broad SMARTS) is 4. The van der Waals surface area contributed by atoms with Crippen molar-refractivity contribution in [3.63, 3.8) is 0 Å². The Hall–Kier alpha value is -6.63. The summed E-state index contributed by atoms with van der Waals surface area (Å²) in [5, 5.41) is 42.0. The van der Waals surface area contributed by atoms with E-state index < -0.39 is 52.6 Å². The van der Waals surface area contributed by atoms with Gasteiger partial charge in [0.1, 0.15) is 0 Å². The van der Waals surface area contributed by atoms with Crippen LogP contribution in [0.2, 0.25) is 0 Å². The Labute approximate surface area is 247 Å². The molecule has 0 spiro atoms. The Bertz CT molecular complexity index is 1730. The molecule has 4 rings (SSSR count). The fourth-order valence-corrected chi connectivity index (χ4v) is 4.08. The van der Waals surface area contributed by atoms with Crippen LogP contribution in [0.15, 0.2) is 84.9 Å². The largest absolute Gasteiger partial charge is 0.478 e. The maximum absolute atomic E-state index is 13.0. The first kappa shape index (κ1) is 30.3. The minimum atomic E-state index is -1.42. The van der Waals surface area contributed by atoms with E-state index in [-0.39, 0.29) is 44.8 Å². The number of amides is 2. The third-order valence-electron chi connectivity index (χ3n) is 6.29. The minimum absolute atomic E-state index is 0.203. The third-order valence-corrected chi connectivity index (χ3v) is 6.29. The van der Waals surface area contributed by atoms with E-state index >= 15 is 0 Å². The van der Waals surface area contributed by atoms with Crippen molar-refractivity contribution < 1.29 is 54.0 Å². The highest BCUT2D eigenvalue weighted by atomic mass is 16.4. The maximum atomic E-state index is 13.0. The zero-order valence-electron chi connectivity index (χ0n) is 22.2. The van der Waals surface area contributed by atoms with Gasteiger partial charge in [0.2, 0.25) is 0 Å². The number of aromatic carboxylic acids is 4. The zero-order valence-corrected chi connectivity index (χ0v) is 22.2. The summed E-state index contributed by atoms with van der Waals surface area (Å²) in [5.41, 5.74) is -1.22. The van der Waals surface area contributed by atoms with Gasteiger partial charge in [0.05, 0.1) is 33.4 Å². The van der Waals surface area contributed by atoms with E-state index in [0.717, 1.165) is 36.4 Å². The Morgan fingerprint density at radius 1 is 0.386 bits per heavy atom. The van der Waals surface area contributed by atoms with Crippen LogP contribution in [0, 0.1) is 0 Å². The van der Waals surface area contributed by atoms with Gasteiger partial charge in [0.15, 0.2) is 5.78 Å². The summed E-state index contributed by atoms with van der Waals surface area (Å²) in [6.07, 6.45) is 0. The van der Waals surface area contributed by atoms with E-state index in [0.29, 0.717) is 0 Å². The number of rotatable bonds is 10. The molecule has 0 radical (unpaired) electrons. The molecule has 0 bridgehead atoms. The van der Waals surface area contributed by atoms with Crippen LogP contribution in [0.25, 0.3) is 0 Å². The molecule has 4 aromatic rings. The van der Waals surface area contributed by atoms with Crippen LogP contribution in [0.4, 0.5) is 11.4 Å². The number of carbonyl (C=O) groups excluding carboxylic acids is 3. The second-order valence-corrected chi connectivity index (χ2v) is 9.13. The van der Waals surface area contributed by atoms with Crippen molar-refractivity contribution in [2.24, 2.45) is 0 Å². The van der Waals surface area contributed by atoms with Gasteiger partial charge >= 0.3 is 23.9 Å². The van der Waals surface area contributed by atoms with Crippen LogP contribution in [-0.2, 0) is 0 Å². The van der Waals surface area contributed by atoms with Gasteiger partial charge in [-0.3, -0.25) is 14.4 Å². The molecule has 0 saturated heterocycles. The van der Waals surface area contributed by atoms with E-state index in [9.17, 15) is 54.0 Å². The number of nitrogens with one attached hydrogen (secondary N) is 2. The molecular weight excluding hydrogens is 576 g/mol. The first-order valence-electron chi connectivity index (χ1n) is 12.4. The average Bonchev–Trinajstić information content (AvgIpc) is 3.00. The lowest BCUT2D eigenvalue weighted by molar-refractivity contribution is 0.0679. The quantitative estimate of drug-likeness (QED) is 0.142. The number of carboxylic acids is 4. The van der Waals surface area contributed by atoms with E-state index in [1.807, 2.05) is 0 Å². The topological polar surface area (TPSA) is 224 Å². The summed E-state index contributed by atoms with van der Waals surface area (Å²) in [4.78, 5) is 84.0. The smallest absolute Gasteiger partial charge is 0.336 e. The highest BCUT2D eigenvalue weighted by Crippen LogP contribution is 2.20. The summed E-state index contributed by atoms with van der Waals surface area (Å²) in [6.45, 7) is 0. The van der Waals surface area contributed by atoms with E-state index in [1.165, 1.54) is 48.5 Å². The molecule has 6 N–H and O–H groups in total. The third kappa shape index (κ3) is 6.63. The molecular formula is C31H20N2O11. The van der Waals surface area contributed by atoms with Gasteiger partial charge < -0.3 is 31.1 Å². The van der Waals surface area contributed by atoms with Crippen molar-refractivity contribution in [3.8, 4) is 0 Å². The molecule has 220 valence electrons. The Morgan fingerprint density at radius 3 is 1.00 bits per heavy atom. The van der Waals surface area contributed by atoms with Crippen LogP contribution < -0.4 is 10.6 Å². The second kappa shape index (κ2) is 12.5. The lowest BCUT2D eigenvalue weighted by Gasteiger charge is -2.10. The van der Waals surface area contributed by atoms with Crippen LogP contribution >= 0.6 is 0 Å². The number of hydrogen-bond acceptors (Lipinski definition) is 7. The lowest BCUT2D eigenvalue weighted by Crippen LogP contribution is -2.18. The molecule has 0 aliphatic rings. The normalized spacial score (nSPS) is 10.4. The standard InChI is InChI=1S/C31H20N2O11/c34-25(15-1-7-19(8-2-15)32-26(35)23-13-17(28(37)38)5-11-21(23)30(41)42)16-3-9-20(10-4-16)33-27(36)24-14-18(29(39)40)6-12-22(24)31(43)44/h1-14H,(H,32,35)(H,33,36)(H,37,38)(H,39,40)(H,41,42)(H,43,44). The molecule has 0 aliphatic heterocycles. The number of anilines is 2. The highest BCUT2D eigenvalue weighted by molar-refractivity contribution is 6.14. The molecule has 44 heavy (non-hydrogen) atoms. The molecule has 13 nitrogen and oxygen atoms in total. The monoisotopic (exact) mass is 596 g/mol. The van der Waals surface area contributed by atoms with Crippen molar-refractivity contribution >= 4 is 52.8 Å². The number of ketones is 1. The highest BCUT2D eigenvalue weighted by Gasteiger charge is 2.21. The molecule has 0 saturated carbocycles. The summed E-state index contributed by atoms with van der Waals surface area (Å²) in [5.74, 6) is -7.68. The first-order valence-corrected chi connectivity index (χ1v) is 12.4. The van der Waals surface area contributed by atoms with Crippen molar-refractivity contribution in [1.29, 1.82) is 0 Å². The Morgan fingerprint density at radius 2 is 0.705 bits per heavy atom. The summed E-state index contributed by atoms with van der Waals surface area (Å²) in [7, 11) is 0. The van der Waals surface area contributed by atoms with E-state index in [4.69, 9.17) is 0 Å². The first-order chi connectivity index (χ1) is 20.8. The van der Waals surface area contributed by atoms with E-state index in [1.54, 1.807) is 0 Å². The predicted octanol–water partition coefficient (Wildman–Crippen LogP) is 4.22. The lowest BCUT2D eigenvalue weighted by atomic mass is 10.0. The van der Waals surface area contributed by atoms with Gasteiger partial charge in [-0.1, -0.05) is 0 Å². The van der Waals surface area contributed by atoms with Crippen LogP contribution in [0.1, 0.15) is 78.1 Å². The Balaban J connectivity index is 1.46. The van der Waals surface area contributed by atoms with Crippen LogP contribution in [0.5, 0.6) is 0 Å². The summed E-state index contributed by atoms with van der Waals surface area (Å²) < 4.78 is 0. The predicted molar refractivity (Wildman–Crippen MR) is 153 cm³/mol. The molecule has 13 heteroatoms. The van der Waals surface area contributed by atoms with Crippen LogP contribution in [-0.4, -0.2) is 61.9 Å². The molecule has 0 aliphatic carbocycles. The molecule has 0 aromatic heterocycles. The SMILES string of the molecule is O=C(O)c1ccc(C(=O)O)c(C(=O)Nc2ccc(C(=O)c3ccc(NC(=O)c4cc(C(=O)O)ccc4C(=O)O)cc3)cc2)c1. The molecule has 0 heterocycles. The maximum Gasteiger partial charge on any atom is 0.336 e. The van der Waals surface area contributed by atoms with Crippen molar-refractivity contribution in [3.05, 3.63) is 129 Å². The molecule has 0 atom stereocenters. The zero-order chi connectivity index (χ0) is 32.1. The van der Waals surface area contributed by atoms with Crippen molar-refractivity contribution in [1.82, 2.24) is 0 Å². The molecule has 0 fully saturated rings. The Kier molecular flexibility index (Phi) is 8.61. The summed E-state index contributed by atoms with van der Waals surface area (Å²) >= 11 is 0. The van der Waals surface area contributed by atoms with Gasteiger partial charge in [0, 0.05) is 22.5 Å². The minimum Gasteiger partial charge on any atom is -0.478 e. The number of carbonyl (C=O) groups is 7. The number of hydrogen-bond donors (Lipinski definition) is 6. The van der Waals surface area contributed by atoms with E-state index in [2.05, 4.69) is 10.6 Å². The van der Waals surface area contributed by atoms with Crippen LogP contribution in [0.3, 0.4) is 0 Å². The van der Waals surface area contributed by atoms with Gasteiger partial charge in [-0.15, -0.1) is 0 Å². The molecule has 4 aromatic carbocycles. The van der Waals surface area contributed by atoms with Gasteiger partial charge in [-0.2, -0.15) is 0 Å². The fourth-order valence-electron chi connectivity index (χ4n) is 4.08. The van der Waals surface area contributed by atoms with Gasteiger partial charge in [-0.05, 0) is 84.9 Å². The van der Waals surface area contributed by atoms with Gasteiger partial charge in [-0.25, -0.2) is 19.2 Å². The van der Waals surface area contributed by atoms with Gasteiger partial charge in [0.25, 0.3) is 11.8 Å². The molecule has 0 unspecified atom stereocenters. The van der Waals surface area contributed by atoms with Crippen molar-refractivity contribution in [2.75, 3.05) is 10.6 Å². The summed E-state index contributed by atoms with van der Waals surface area (Å²) in [6, 6.07) is 17.3.